The number of benzene rings is 1. The van der Waals surface area contributed by atoms with Crippen molar-refractivity contribution in [3.63, 3.8) is 0 Å². The molecule has 22 heavy (non-hydrogen) atoms. The molecule has 2 rings (SSSR count). The standard InChI is InChI=1S/C18H27N3O/c1-20(2)12-7-11-18(22)19-17-10-6-13-21(15-17)14-16-8-4-3-5-9-16/h3-5,7-9,11,17H,6,10,12-15H2,1-2H3,(H,19,22)/b11-7+. The molecule has 0 aliphatic carbocycles. The topological polar surface area (TPSA) is 35.6 Å². The number of likely N-dealkylation sites (tertiary alicyclic amines) is 1. The Morgan fingerprint density at radius 2 is 2.14 bits per heavy atom. The van der Waals surface area contributed by atoms with Gasteiger partial charge in [0.2, 0.25) is 5.91 Å². The Bertz CT molecular complexity index is 484. The minimum atomic E-state index is 0.0217. The second-order valence-corrected chi connectivity index (χ2v) is 6.23. The molecule has 1 heterocycles. The maximum Gasteiger partial charge on any atom is 0.243 e. The SMILES string of the molecule is CN(C)C/C=C/C(=O)NC1CCCN(Cc2ccccc2)C1. The summed E-state index contributed by atoms with van der Waals surface area (Å²) in [5.74, 6) is 0.0217. The van der Waals surface area contributed by atoms with E-state index in [1.54, 1.807) is 6.08 Å². The van der Waals surface area contributed by atoms with Crippen LogP contribution in [0.2, 0.25) is 0 Å². The monoisotopic (exact) mass is 301 g/mol. The summed E-state index contributed by atoms with van der Waals surface area (Å²) in [4.78, 5) is 16.4. The van der Waals surface area contributed by atoms with E-state index in [4.69, 9.17) is 0 Å². The summed E-state index contributed by atoms with van der Waals surface area (Å²) in [6, 6.07) is 10.8. The van der Waals surface area contributed by atoms with Gasteiger partial charge in [-0.2, -0.15) is 0 Å². The Morgan fingerprint density at radius 3 is 2.86 bits per heavy atom. The first-order valence-electron chi connectivity index (χ1n) is 8.01. The largest absolute Gasteiger partial charge is 0.349 e. The van der Waals surface area contributed by atoms with Crippen molar-refractivity contribution in [1.29, 1.82) is 0 Å². The molecule has 1 amide bonds. The highest BCUT2D eigenvalue weighted by Gasteiger charge is 2.20. The van der Waals surface area contributed by atoms with Crippen molar-refractivity contribution in [2.24, 2.45) is 0 Å². The number of hydrogen-bond donors (Lipinski definition) is 1. The molecular formula is C18H27N3O. The van der Waals surface area contributed by atoms with Crippen molar-refractivity contribution >= 4 is 5.91 Å². The third-order valence-corrected chi connectivity index (χ3v) is 3.84. The van der Waals surface area contributed by atoms with Crippen molar-refractivity contribution in [2.45, 2.75) is 25.4 Å². The van der Waals surface area contributed by atoms with E-state index in [9.17, 15) is 4.79 Å². The quantitative estimate of drug-likeness (QED) is 0.815. The maximum absolute atomic E-state index is 11.9. The Morgan fingerprint density at radius 1 is 1.36 bits per heavy atom. The molecule has 1 aliphatic rings. The number of carbonyl (C=O) groups excluding carboxylic acids is 1. The lowest BCUT2D eigenvalue weighted by Gasteiger charge is -2.33. The molecule has 0 saturated carbocycles. The molecule has 0 radical (unpaired) electrons. The van der Waals surface area contributed by atoms with Crippen LogP contribution >= 0.6 is 0 Å². The van der Waals surface area contributed by atoms with Crippen LogP contribution < -0.4 is 5.32 Å². The smallest absolute Gasteiger partial charge is 0.243 e. The zero-order chi connectivity index (χ0) is 15.8. The average molecular weight is 301 g/mol. The lowest BCUT2D eigenvalue weighted by molar-refractivity contribution is -0.117. The Balaban J connectivity index is 1.78. The van der Waals surface area contributed by atoms with Gasteiger partial charge in [0.15, 0.2) is 0 Å². The van der Waals surface area contributed by atoms with Gasteiger partial charge >= 0.3 is 0 Å². The van der Waals surface area contributed by atoms with E-state index in [-0.39, 0.29) is 11.9 Å². The molecular weight excluding hydrogens is 274 g/mol. The van der Waals surface area contributed by atoms with Crippen molar-refractivity contribution in [1.82, 2.24) is 15.1 Å². The Kier molecular flexibility index (Phi) is 6.62. The van der Waals surface area contributed by atoms with Crippen LogP contribution in [-0.4, -0.2) is 55.5 Å². The number of likely N-dealkylation sites (N-methyl/N-ethyl adjacent to an activating group) is 1. The van der Waals surface area contributed by atoms with Crippen LogP contribution in [-0.2, 0) is 11.3 Å². The van der Waals surface area contributed by atoms with Crippen molar-refractivity contribution in [3.8, 4) is 0 Å². The van der Waals surface area contributed by atoms with Gasteiger partial charge in [-0.3, -0.25) is 9.69 Å². The summed E-state index contributed by atoms with van der Waals surface area (Å²) in [6.07, 6.45) is 5.76. The molecule has 1 aromatic rings. The van der Waals surface area contributed by atoms with Gasteiger partial charge in [-0.25, -0.2) is 0 Å². The minimum Gasteiger partial charge on any atom is -0.349 e. The molecule has 120 valence electrons. The number of piperidine rings is 1. The van der Waals surface area contributed by atoms with E-state index < -0.39 is 0 Å². The predicted octanol–water partition coefficient (Wildman–Crippen LogP) is 1.88. The maximum atomic E-state index is 11.9. The van der Waals surface area contributed by atoms with E-state index >= 15 is 0 Å². The molecule has 0 aromatic heterocycles. The highest BCUT2D eigenvalue weighted by atomic mass is 16.1. The fourth-order valence-electron chi connectivity index (χ4n) is 2.78. The number of nitrogens with one attached hydrogen (secondary N) is 1. The van der Waals surface area contributed by atoms with Crippen LogP contribution in [0, 0.1) is 0 Å². The molecule has 4 nitrogen and oxygen atoms in total. The highest BCUT2D eigenvalue weighted by Crippen LogP contribution is 2.13. The molecule has 1 unspecified atom stereocenters. The van der Waals surface area contributed by atoms with Gasteiger partial charge in [-0.1, -0.05) is 36.4 Å². The fourth-order valence-corrected chi connectivity index (χ4v) is 2.78. The second kappa shape index (κ2) is 8.71. The lowest BCUT2D eigenvalue weighted by Crippen LogP contribution is -2.47. The number of nitrogens with zero attached hydrogens (tertiary/aromatic N) is 2. The van der Waals surface area contributed by atoms with Gasteiger partial charge in [-0.05, 0) is 39.0 Å². The van der Waals surface area contributed by atoms with Crippen LogP contribution in [0.3, 0.4) is 0 Å². The predicted molar refractivity (Wildman–Crippen MR) is 90.6 cm³/mol. The molecule has 0 bridgehead atoms. The Hall–Kier alpha value is -1.65. The summed E-state index contributed by atoms with van der Waals surface area (Å²) in [7, 11) is 3.98. The van der Waals surface area contributed by atoms with E-state index in [1.165, 1.54) is 5.56 Å². The molecule has 1 fully saturated rings. The molecule has 4 heteroatoms. The Labute approximate surface area is 133 Å². The van der Waals surface area contributed by atoms with Crippen molar-refractivity contribution < 1.29 is 4.79 Å². The molecule has 1 aromatic carbocycles. The van der Waals surface area contributed by atoms with Gasteiger partial charge in [0.05, 0.1) is 0 Å². The lowest BCUT2D eigenvalue weighted by atomic mass is 10.0. The van der Waals surface area contributed by atoms with Gasteiger partial charge in [0.25, 0.3) is 0 Å². The molecule has 1 atom stereocenters. The molecule has 1 saturated heterocycles. The average Bonchev–Trinajstić information content (AvgIpc) is 2.48. The molecule has 1 aliphatic heterocycles. The first-order chi connectivity index (χ1) is 10.6. The van der Waals surface area contributed by atoms with Crippen LogP contribution in [0.15, 0.2) is 42.5 Å². The number of hydrogen-bond acceptors (Lipinski definition) is 3. The van der Waals surface area contributed by atoms with Gasteiger partial charge in [0, 0.05) is 31.8 Å². The van der Waals surface area contributed by atoms with E-state index in [1.807, 2.05) is 31.1 Å². The summed E-state index contributed by atoms with van der Waals surface area (Å²) in [5.41, 5.74) is 1.33. The first-order valence-corrected chi connectivity index (χ1v) is 8.01. The number of rotatable bonds is 6. The van der Waals surface area contributed by atoms with Crippen LogP contribution in [0.1, 0.15) is 18.4 Å². The van der Waals surface area contributed by atoms with Gasteiger partial charge in [-0.15, -0.1) is 0 Å². The van der Waals surface area contributed by atoms with E-state index in [2.05, 4.69) is 34.5 Å². The summed E-state index contributed by atoms with van der Waals surface area (Å²) in [5, 5.41) is 3.12. The second-order valence-electron chi connectivity index (χ2n) is 6.23. The van der Waals surface area contributed by atoms with Crippen molar-refractivity contribution in [3.05, 3.63) is 48.0 Å². The zero-order valence-electron chi connectivity index (χ0n) is 13.7. The van der Waals surface area contributed by atoms with Crippen LogP contribution in [0.25, 0.3) is 0 Å². The van der Waals surface area contributed by atoms with E-state index in [0.717, 1.165) is 39.0 Å². The fraction of sp³-hybridized carbons (Fsp3) is 0.500. The first kappa shape index (κ1) is 16.7. The minimum absolute atomic E-state index is 0.0217. The number of amides is 1. The third-order valence-electron chi connectivity index (χ3n) is 3.84. The molecule has 1 N–H and O–H groups in total. The zero-order valence-corrected chi connectivity index (χ0v) is 13.7. The summed E-state index contributed by atoms with van der Waals surface area (Å²) < 4.78 is 0. The van der Waals surface area contributed by atoms with Crippen LogP contribution in [0.4, 0.5) is 0 Å². The van der Waals surface area contributed by atoms with E-state index in [0.29, 0.717) is 0 Å². The number of carbonyl (C=O) groups is 1. The summed E-state index contributed by atoms with van der Waals surface area (Å²) >= 11 is 0. The normalized spacial score (nSPS) is 19.7. The summed E-state index contributed by atoms with van der Waals surface area (Å²) in [6.45, 7) is 3.79. The van der Waals surface area contributed by atoms with Crippen molar-refractivity contribution in [2.75, 3.05) is 33.7 Å². The van der Waals surface area contributed by atoms with Gasteiger partial charge < -0.3 is 10.2 Å². The van der Waals surface area contributed by atoms with Gasteiger partial charge in [0.1, 0.15) is 0 Å². The van der Waals surface area contributed by atoms with Crippen LogP contribution in [0.5, 0.6) is 0 Å². The molecule has 0 spiro atoms. The highest BCUT2D eigenvalue weighted by molar-refractivity contribution is 5.87. The third kappa shape index (κ3) is 6.00.